The third-order valence-electron chi connectivity index (χ3n) is 3.44. The zero-order chi connectivity index (χ0) is 17.6. The predicted molar refractivity (Wildman–Crippen MR) is 106 cm³/mol. The van der Waals surface area contributed by atoms with Crippen LogP contribution in [0.25, 0.3) is 23.0 Å². The van der Waals surface area contributed by atoms with Crippen LogP contribution in [-0.4, -0.2) is 20.8 Å². The Labute approximate surface area is 158 Å². The van der Waals surface area contributed by atoms with Crippen LogP contribution in [0.1, 0.15) is 5.56 Å². The van der Waals surface area contributed by atoms with Crippen LogP contribution in [0.5, 0.6) is 0 Å². The highest BCUT2D eigenvalue weighted by Gasteiger charge is 2.10. The van der Waals surface area contributed by atoms with Gasteiger partial charge in [-0.2, -0.15) is 10.1 Å². The maximum Gasteiger partial charge on any atom is 0.278 e. The van der Waals surface area contributed by atoms with Crippen LogP contribution >= 0.6 is 28.1 Å². The van der Waals surface area contributed by atoms with Crippen LogP contribution in [0.2, 0.25) is 0 Å². The van der Waals surface area contributed by atoms with E-state index in [0.29, 0.717) is 0 Å². The fourth-order valence-corrected chi connectivity index (χ4v) is 2.65. The maximum absolute atomic E-state index is 11.6. The van der Waals surface area contributed by atoms with E-state index in [2.05, 4.69) is 43.4 Å². The number of carbonyl (C=O) groups is 1. The minimum atomic E-state index is -0.454. The number of thiocarbonyl (C=S) groups is 1. The molecule has 0 unspecified atom stereocenters. The van der Waals surface area contributed by atoms with Gasteiger partial charge in [-0.3, -0.25) is 4.79 Å². The van der Waals surface area contributed by atoms with Crippen LogP contribution in [0.4, 0.5) is 0 Å². The summed E-state index contributed by atoms with van der Waals surface area (Å²) < 4.78 is 2.77. The molecule has 0 saturated carbocycles. The molecule has 0 bridgehead atoms. The lowest BCUT2D eigenvalue weighted by Gasteiger charge is -2.00. The molecule has 0 aliphatic rings. The molecule has 0 N–H and O–H groups in total. The Morgan fingerprint density at radius 3 is 2.56 bits per heavy atom. The van der Waals surface area contributed by atoms with Crippen molar-refractivity contribution in [1.82, 2.24) is 9.78 Å². The maximum atomic E-state index is 11.6. The Hall–Kier alpha value is -2.66. The van der Waals surface area contributed by atoms with Gasteiger partial charge in [0, 0.05) is 27.9 Å². The highest BCUT2D eigenvalue weighted by molar-refractivity contribution is 9.10. The summed E-state index contributed by atoms with van der Waals surface area (Å²) in [6.07, 6.45) is 4.91. The van der Waals surface area contributed by atoms with Gasteiger partial charge < -0.3 is 0 Å². The molecule has 1 heterocycles. The van der Waals surface area contributed by atoms with E-state index in [4.69, 9.17) is 0 Å². The summed E-state index contributed by atoms with van der Waals surface area (Å²) in [7, 11) is 0. The summed E-state index contributed by atoms with van der Waals surface area (Å²) >= 11 is 7.88. The van der Waals surface area contributed by atoms with Crippen molar-refractivity contribution in [2.75, 3.05) is 0 Å². The molecule has 0 radical (unpaired) electrons. The minimum absolute atomic E-state index is 0.454. The van der Waals surface area contributed by atoms with Crippen LogP contribution in [0, 0.1) is 0 Å². The fourth-order valence-electron chi connectivity index (χ4n) is 2.30. The van der Waals surface area contributed by atoms with Crippen molar-refractivity contribution in [3.8, 4) is 16.9 Å². The first kappa shape index (κ1) is 17.2. The van der Waals surface area contributed by atoms with Gasteiger partial charge >= 0.3 is 0 Å². The molecule has 122 valence electrons. The smallest absolute Gasteiger partial charge is 0.267 e. The molecule has 3 aromatic rings. The molecule has 0 aliphatic carbocycles. The molecule has 0 atom stereocenters. The number of aromatic nitrogens is 2. The summed E-state index contributed by atoms with van der Waals surface area (Å²) in [6, 6.07) is 17.6. The first-order valence-corrected chi connectivity index (χ1v) is 8.58. The number of aliphatic imine (C=N–C) groups is 1. The minimum Gasteiger partial charge on any atom is -0.267 e. The summed E-state index contributed by atoms with van der Waals surface area (Å²) in [4.78, 5) is 15.0. The van der Waals surface area contributed by atoms with Gasteiger partial charge in [0.15, 0.2) is 0 Å². The second-order valence-corrected chi connectivity index (χ2v) is 6.19. The van der Waals surface area contributed by atoms with Gasteiger partial charge in [-0.05, 0) is 42.6 Å². The third-order valence-corrected chi connectivity index (χ3v) is 4.06. The standard InChI is InChI=1S/C19H12BrN3OS/c20-16-9-6-14(7-10-16)19-15(8-11-18(24)21-13-25)12-23(22-19)17-4-2-1-3-5-17/h1-12H. The molecule has 0 spiro atoms. The lowest BCUT2D eigenvalue weighted by Crippen LogP contribution is -1.93. The van der Waals surface area contributed by atoms with Gasteiger partial charge in [0.1, 0.15) is 0 Å². The van der Waals surface area contributed by atoms with E-state index in [0.717, 1.165) is 27.0 Å². The van der Waals surface area contributed by atoms with E-state index in [1.54, 1.807) is 10.8 Å². The molecule has 3 rings (SSSR count). The number of nitrogens with zero attached hydrogens (tertiary/aromatic N) is 3. The average Bonchev–Trinajstić information content (AvgIpc) is 3.06. The number of hydrogen-bond acceptors (Lipinski definition) is 3. The van der Waals surface area contributed by atoms with E-state index < -0.39 is 5.91 Å². The van der Waals surface area contributed by atoms with Gasteiger partial charge in [-0.1, -0.05) is 46.3 Å². The summed E-state index contributed by atoms with van der Waals surface area (Å²) in [5.74, 6) is -0.454. The number of para-hydroxylation sites is 1. The Morgan fingerprint density at radius 2 is 1.88 bits per heavy atom. The Balaban J connectivity index is 2.07. The molecule has 1 amide bonds. The predicted octanol–water partition coefficient (Wildman–Crippen LogP) is 4.94. The van der Waals surface area contributed by atoms with Gasteiger partial charge in [0.2, 0.25) is 0 Å². The monoisotopic (exact) mass is 409 g/mol. The molecule has 2 aromatic carbocycles. The number of carbonyl (C=O) groups excluding carboxylic acids is 1. The summed E-state index contributed by atoms with van der Waals surface area (Å²) in [5, 5.41) is 6.75. The quantitative estimate of drug-likeness (QED) is 0.348. The zero-order valence-electron chi connectivity index (χ0n) is 13.0. The molecular formula is C19H12BrN3OS. The van der Waals surface area contributed by atoms with Gasteiger partial charge in [0.05, 0.1) is 16.5 Å². The van der Waals surface area contributed by atoms with E-state index in [9.17, 15) is 4.79 Å². The van der Waals surface area contributed by atoms with Crippen molar-refractivity contribution in [3.05, 3.63) is 76.9 Å². The first-order valence-electron chi connectivity index (χ1n) is 7.38. The fraction of sp³-hybridized carbons (Fsp3) is 0. The van der Waals surface area contributed by atoms with Crippen LogP contribution in [-0.2, 0) is 4.79 Å². The van der Waals surface area contributed by atoms with Gasteiger partial charge in [-0.15, -0.1) is 0 Å². The third kappa shape index (κ3) is 4.25. The average molecular weight is 410 g/mol. The zero-order valence-corrected chi connectivity index (χ0v) is 15.4. The Morgan fingerprint density at radius 1 is 1.16 bits per heavy atom. The number of benzene rings is 2. The van der Waals surface area contributed by atoms with Gasteiger partial charge in [-0.25, -0.2) is 4.68 Å². The van der Waals surface area contributed by atoms with Crippen molar-refractivity contribution in [3.63, 3.8) is 0 Å². The summed E-state index contributed by atoms with van der Waals surface area (Å²) in [6.45, 7) is 0. The lowest BCUT2D eigenvalue weighted by atomic mass is 10.1. The first-order chi connectivity index (χ1) is 12.2. The molecule has 0 aliphatic heterocycles. The SMILES string of the molecule is O=C(C=Cc1cn(-c2ccccc2)nc1-c1ccc(Br)cc1)N=C=S. The van der Waals surface area contributed by atoms with E-state index in [1.807, 2.05) is 60.8 Å². The van der Waals surface area contributed by atoms with Crippen LogP contribution in [0.15, 0.2) is 76.3 Å². The highest BCUT2D eigenvalue weighted by Crippen LogP contribution is 2.26. The second-order valence-electron chi connectivity index (χ2n) is 5.09. The Kier molecular flexibility index (Phi) is 5.46. The van der Waals surface area contributed by atoms with Crippen LogP contribution in [0.3, 0.4) is 0 Å². The number of amides is 1. The molecule has 1 aromatic heterocycles. The molecular weight excluding hydrogens is 398 g/mol. The number of hydrogen-bond donors (Lipinski definition) is 0. The molecule has 4 nitrogen and oxygen atoms in total. The normalized spacial score (nSPS) is 10.6. The van der Waals surface area contributed by atoms with E-state index >= 15 is 0 Å². The number of isothiocyanates is 1. The van der Waals surface area contributed by atoms with Crippen molar-refractivity contribution in [1.29, 1.82) is 0 Å². The lowest BCUT2D eigenvalue weighted by molar-refractivity contribution is -0.113. The van der Waals surface area contributed by atoms with Crippen LogP contribution < -0.4 is 0 Å². The second kappa shape index (κ2) is 7.94. The highest BCUT2D eigenvalue weighted by atomic mass is 79.9. The number of rotatable bonds is 4. The molecule has 6 heteroatoms. The molecule has 0 fully saturated rings. The van der Waals surface area contributed by atoms with Gasteiger partial charge in [0.25, 0.3) is 5.91 Å². The van der Waals surface area contributed by atoms with Crippen molar-refractivity contribution in [2.45, 2.75) is 0 Å². The van der Waals surface area contributed by atoms with Crippen molar-refractivity contribution in [2.24, 2.45) is 4.99 Å². The number of halogens is 1. The van der Waals surface area contributed by atoms with E-state index in [1.165, 1.54) is 6.08 Å². The van der Waals surface area contributed by atoms with E-state index in [-0.39, 0.29) is 0 Å². The Bertz CT molecular complexity index is 972. The topological polar surface area (TPSA) is 47.2 Å². The van der Waals surface area contributed by atoms with Crippen molar-refractivity contribution >= 4 is 45.3 Å². The molecule has 25 heavy (non-hydrogen) atoms. The summed E-state index contributed by atoms with van der Waals surface area (Å²) in [5.41, 5.74) is 3.46. The largest absolute Gasteiger partial charge is 0.278 e. The van der Waals surface area contributed by atoms with Crippen molar-refractivity contribution < 1.29 is 4.79 Å². The molecule has 0 saturated heterocycles.